The first-order valence-corrected chi connectivity index (χ1v) is 6.15. The van der Waals surface area contributed by atoms with Gasteiger partial charge in [0, 0.05) is 5.25 Å². The van der Waals surface area contributed by atoms with Crippen molar-refractivity contribution in [3.8, 4) is 0 Å². The molecule has 0 saturated carbocycles. The predicted octanol–water partition coefficient (Wildman–Crippen LogP) is 1.46. The van der Waals surface area contributed by atoms with E-state index < -0.39 is 5.82 Å². The van der Waals surface area contributed by atoms with Crippen LogP contribution in [0.1, 0.15) is 6.92 Å². The molecule has 0 radical (unpaired) electrons. The first kappa shape index (κ1) is 13.8. The third-order valence-electron chi connectivity index (χ3n) is 2.04. The summed E-state index contributed by atoms with van der Waals surface area (Å²) in [6.45, 7) is 1.85. The number of rotatable bonds is 5. The number of nitrogens with one attached hydrogen (secondary N) is 1. The topological polar surface area (TPSA) is 75.3 Å². The van der Waals surface area contributed by atoms with Crippen LogP contribution < -0.4 is 11.1 Å². The standard InChI is InChI=1S/C11H15FN2O2S/c1-7(5-15)17-6-11(16)14-10-3-2-8(12)4-9(10)13/h2-4,7,15H,5-6,13H2,1H3,(H,14,16). The molecule has 4 N–H and O–H groups in total. The van der Waals surface area contributed by atoms with Crippen LogP contribution in [0.25, 0.3) is 0 Å². The maximum Gasteiger partial charge on any atom is 0.234 e. The van der Waals surface area contributed by atoms with E-state index in [2.05, 4.69) is 5.32 Å². The van der Waals surface area contributed by atoms with Gasteiger partial charge in [0.25, 0.3) is 0 Å². The van der Waals surface area contributed by atoms with Crippen LogP contribution in [0.3, 0.4) is 0 Å². The number of nitrogen functional groups attached to an aromatic ring is 1. The summed E-state index contributed by atoms with van der Waals surface area (Å²) in [4.78, 5) is 11.5. The van der Waals surface area contributed by atoms with Crippen molar-refractivity contribution in [1.29, 1.82) is 0 Å². The van der Waals surface area contributed by atoms with E-state index in [1.54, 1.807) is 0 Å². The molecule has 1 aromatic rings. The summed E-state index contributed by atoms with van der Waals surface area (Å²) in [5.74, 6) is -0.448. The number of carbonyl (C=O) groups is 1. The zero-order chi connectivity index (χ0) is 12.8. The van der Waals surface area contributed by atoms with Crippen LogP contribution in [-0.4, -0.2) is 28.6 Å². The van der Waals surface area contributed by atoms with Gasteiger partial charge < -0.3 is 16.2 Å². The number of nitrogens with two attached hydrogens (primary N) is 1. The number of thioether (sulfide) groups is 1. The van der Waals surface area contributed by atoms with Gasteiger partial charge in [0.2, 0.25) is 5.91 Å². The molecule has 94 valence electrons. The lowest BCUT2D eigenvalue weighted by Crippen LogP contribution is -2.17. The summed E-state index contributed by atoms with van der Waals surface area (Å²) < 4.78 is 12.8. The van der Waals surface area contributed by atoms with Gasteiger partial charge in [-0.15, -0.1) is 11.8 Å². The molecule has 1 unspecified atom stereocenters. The van der Waals surface area contributed by atoms with Crippen molar-refractivity contribution in [2.75, 3.05) is 23.4 Å². The summed E-state index contributed by atoms with van der Waals surface area (Å²) >= 11 is 1.34. The van der Waals surface area contributed by atoms with Gasteiger partial charge in [0.05, 0.1) is 23.7 Å². The number of halogens is 1. The van der Waals surface area contributed by atoms with Crippen LogP contribution in [0, 0.1) is 5.82 Å². The van der Waals surface area contributed by atoms with Gasteiger partial charge in [-0.2, -0.15) is 0 Å². The first-order valence-electron chi connectivity index (χ1n) is 5.10. The minimum atomic E-state index is -0.441. The molecule has 0 bridgehead atoms. The quantitative estimate of drug-likeness (QED) is 0.699. The molecule has 0 heterocycles. The first-order chi connectivity index (χ1) is 8.02. The largest absolute Gasteiger partial charge is 0.397 e. The molecule has 1 aromatic carbocycles. The van der Waals surface area contributed by atoms with Gasteiger partial charge in [0.15, 0.2) is 0 Å². The Kier molecular flexibility index (Phi) is 5.24. The molecule has 0 aliphatic rings. The third-order valence-corrected chi connectivity index (χ3v) is 3.19. The van der Waals surface area contributed by atoms with E-state index >= 15 is 0 Å². The van der Waals surface area contributed by atoms with E-state index in [9.17, 15) is 9.18 Å². The maximum atomic E-state index is 12.8. The normalized spacial score (nSPS) is 12.2. The fourth-order valence-electron chi connectivity index (χ4n) is 1.10. The highest BCUT2D eigenvalue weighted by Gasteiger charge is 2.08. The Balaban J connectivity index is 2.50. The molecule has 1 atom stereocenters. The van der Waals surface area contributed by atoms with Crippen molar-refractivity contribution in [2.24, 2.45) is 0 Å². The monoisotopic (exact) mass is 258 g/mol. The number of hydrogen-bond donors (Lipinski definition) is 3. The van der Waals surface area contributed by atoms with E-state index in [1.807, 2.05) is 6.92 Å². The number of aliphatic hydroxyl groups excluding tert-OH is 1. The maximum absolute atomic E-state index is 12.8. The lowest BCUT2D eigenvalue weighted by atomic mass is 10.2. The Hall–Kier alpha value is -1.27. The zero-order valence-electron chi connectivity index (χ0n) is 9.44. The minimum Gasteiger partial charge on any atom is -0.397 e. The number of amides is 1. The number of benzene rings is 1. The smallest absolute Gasteiger partial charge is 0.234 e. The molecule has 0 aliphatic carbocycles. The number of anilines is 2. The molecule has 4 nitrogen and oxygen atoms in total. The molecule has 0 aromatic heterocycles. The average molecular weight is 258 g/mol. The molecular formula is C11H15FN2O2S. The highest BCUT2D eigenvalue weighted by Crippen LogP contribution is 2.19. The fraction of sp³-hybridized carbons (Fsp3) is 0.364. The van der Waals surface area contributed by atoms with Crippen molar-refractivity contribution in [2.45, 2.75) is 12.2 Å². The molecule has 1 amide bonds. The third kappa shape index (κ3) is 4.62. The molecule has 0 aliphatic heterocycles. The van der Waals surface area contributed by atoms with Crippen molar-refractivity contribution in [3.63, 3.8) is 0 Å². The predicted molar refractivity (Wildman–Crippen MR) is 68.4 cm³/mol. The second-order valence-corrected chi connectivity index (χ2v) is 5.01. The zero-order valence-corrected chi connectivity index (χ0v) is 10.3. The highest BCUT2D eigenvalue weighted by atomic mass is 32.2. The van der Waals surface area contributed by atoms with Crippen LogP contribution >= 0.6 is 11.8 Å². The Morgan fingerprint density at radius 2 is 2.35 bits per heavy atom. The lowest BCUT2D eigenvalue weighted by Gasteiger charge is -2.10. The van der Waals surface area contributed by atoms with Gasteiger partial charge in [-0.25, -0.2) is 4.39 Å². The van der Waals surface area contributed by atoms with Crippen molar-refractivity contribution in [1.82, 2.24) is 0 Å². The van der Waals surface area contributed by atoms with Crippen molar-refractivity contribution >= 4 is 29.0 Å². The van der Waals surface area contributed by atoms with Gasteiger partial charge in [-0.05, 0) is 18.2 Å². The van der Waals surface area contributed by atoms with Crippen molar-refractivity contribution < 1.29 is 14.3 Å². The molecule has 6 heteroatoms. The summed E-state index contributed by atoms with van der Waals surface area (Å²) in [5.41, 5.74) is 6.14. The van der Waals surface area contributed by atoms with E-state index in [1.165, 1.54) is 23.9 Å². The number of aliphatic hydroxyl groups is 1. The van der Waals surface area contributed by atoms with Gasteiger partial charge in [0.1, 0.15) is 5.82 Å². The molecule has 0 spiro atoms. The van der Waals surface area contributed by atoms with Crippen LogP contribution in [0.5, 0.6) is 0 Å². The highest BCUT2D eigenvalue weighted by molar-refractivity contribution is 8.00. The molecular weight excluding hydrogens is 243 g/mol. The van der Waals surface area contributed by atoms with E-state index in [0.717, 1.165) is 6.07 Å². The summed E-state index contributed by atoms with van der Waals surface area (Å²) in [7, 11) is 0. The average Bonchev–Trinajstić information content (AvgIpc) is 2.29. The van der Waals surface area contributed by atoms with Crippen LogP contribution in [0.2, 0.25) is 0 Å². The Morgan fingerprint density at radius 3 is 2.94 bits per heavy atom. The van der Waals surface area contributed by atoms with E-state index in [0.29, 0.717) is 5.69 Å². The Bertz CT molecular complexity index is 401. The summed E-state index contributed by atoms with van der Waals surface area (Å²) in [5, 5.41) is 11.4. The van der Waals surface area contributed by atoms with E-state index in [4.69, 9.17) is 10.8 Å². The van der Waals surface area contributed by atoms with Gasteiger partial charge in [-0.3, -0.25) is 4.79 Å². The van der Waals surface area contributed by atoms with Crippen LogP contribution in [-0.2, 0) is 4.79 Å². The SMILES string of the molecule is CC(CO)SCC(=O)Nc1ccc(F)cc1N. The molecule has 1 rings (SSSR count). The second-order valence-electron chi connectivity index (χ2n) is 3.58. The number of hydrogen-bond acceptors (Lipinski definition) is 4. The van der Waals surface area contributed by atoms with Gasteiger partial charge in [-0.1, -0.05) is 6.92 Å². The second kappa shape index (κ2) is 6.46. The molecule has 17 heavy (non-hydrogen) atoms. The Morgan fingerprint density at radius 1 is 1.65 bits per heavy atom. The summed E-state index contributed by atoms with van der Waals surface area (Å²) in [6, 6.07) is 3.80. The van der Waals surface area contributed by atoms with Crippen molar-refractivity contribution in [3.05, 3.63) is 24.0 Å². The number of carbonyl (C=O) groups excluding carboxylic acids is 1. The molecule has 0 saturated heterocycles. The fourth-order valence-corrected chi connectivity index (χ4v) is 1.72. The van der Waals surface area contributed by atoms with Crippen LogP contribution in [0.4, 0.5) is 15.8 Å². The molecule has 0 fully saturated rings. The lowest BCUT2D eigenvalue weighted by molar-refractivity contribution is -0.113. The minimum absolute atomic E-state index is 0.00585. The van der Waals surface area contributed by atoms with Crippen LogP contribution in [0.15, 0.2) is 18.2 Å². The van der Waals surface area contributed by atoms with Gasteiger partial charge >= 0.3 is 0 Å². The summed E-state index contributed by atoms with van der Waals surface area (Å²) in [6.07, 6.45) is 0. The van der Waals surface area contributed by atoms with E-state index in [-0.39, 0.29) is 29.2 Å². The Labute approximate surface area is 103 Å².